The van der Waals surface area contributed by atoms with Gasteiger partial charge in [0.1, 0.15) is 5.01 Å². The van der Waals surface area contributed by atoms with E-state index in [4.69, 9.17) is 28.9 Å². The van der Waals surface area contributed by atoms with Crippen molar-refractivity contribution in [2.75, 3.05) is 5.73 Å². The van der Waals surface area contributed by atoms with Crippen LogP contribution in [0.15, 0.2) is 30.3 Å². The molecule has 2 nitrogen and oxygen atoms in total. The number of thiazole rings is 1. The van der Waals surface area contributed by atoms with Gasteiger partial charge in [-0.15, -0.1) is 11.3 Å². The van der Waals surface area contributed by atoms with Crippen molar-refractivity contribution in [3.05, 3.63) is 45.9 Å². The molecule has 0 atom stereocenters. The van der Waals surface area contributed by atoms with E-state index >= 15 is 0 Å². The molecule has 0 amide bonds. The number of nitrogens with zero attached hydrogens (tertiary/aromatic N) is 1. The molecule has 0 fully saturated rings. The smallest absolute Gasteiger partial charge is 0.128 e. The maximum Gasteiger partial charge on any atom is 0.128 e. The lowest BCUT2D eigenvalue weighted by molar-refractivity contribution is 1.42. The summed E-state index contributed by atoms with van der Waals surface area (Å²) in [6, 6.07) is 9.53. The molecule has 19 heavy (non-hydrogen) atoms. The standard InChI is InChI=1S/C14H10Cl2N2S/c1-7-3-2-4-10-13(7)18-14(19-10)11-8(15)5-6-9(16)12(11)17/h2-6H,17H2,1H3. The second-order valence-electron chi connectivity index (χ2n) is 4.26. The van der Waals surface area contributed by atoms with Gasteiger partial charge in [0, 0.05) is 0 Å². The largest absolute Gasteiger partial charge is 0.397 e. The van der Waals surface area contributed by atoms with Gasteiger partial charge in [-0.05, 0) is 30.7 Å². The maximum atomic E-state index is 6.23. The second kappa shape index (κ2) is 4.67. The third-order valence-corrected chi connectivity index (χ3v) is 4.66. The number of aryl methyl sites for hydroxylation is 1. The van der Waals surface area contributed by atoms with E-state index in [1.807, 2.05) is 25.1 Å². The van der Waals surface area contributed by atoms with Crippen LogP contribution >= 0.6 is 34.5 Å². The highest BCUT2D eigenvalue weighted by Crippen LogP contribution is 2.41. The third-order valence-electron chi connectivity index (χ3n) is 2.98. The van der Waals surface area contributed by atoms with Crippen molar-refractivity contribution in [1.82, 2.24) is 4.98 Å². The van der Waals surface area contributed by atoms with Crippen LogP contribution in [0.2, 0.25) is 10.0 Å². The number of hydrogen-bond donors (Lipinski definition) is 1. The van der Waals surface area contributed by atoms with Gasteiger partial charge in [0.05, 0.1) is 31.5 Å². The molecule has 0 saturated carbocycles. The Balaban J connectivity index is 2.31. The monoisotopic (exact) mass is 308 g/mol. The van der Waals surface area contributed by atoms with Crippen molar-refractivity contribution in [1.29, 1.82) is 0 Å². The maximum absolute atomic E-state index is 6.23. The Kier molecular flexibility index (Phi) is 3.13. The summed E-state index contributed by atoms with van der Waals surface area (Å²) < 4.78 is 1.12. The van der Waals surface area contributed by atoms with E-state index in [2.05, 4.69) is 4.98 Å². The molecule has 0 bridgehead atoms. The van der Waals surface area contributed by atoms with Crippen molar-refractivity contribution >= 4 is 50.4 Å². The molecular weight excluding hydrogens is 299 g/mol. The quantitative estimate of drug-likeness (QED) is 0.630. The van der Waals surface area contributed by atoms with E-state index in [0.29, 0.717) is 15.7 Å². The minimum Gasteiger partial charge on any atom is -0.397 e. The number of aromatic nitrogens is 1. The lowest BCUT2D eigenvalue weighted by Gasteiger charge is -2.06. The van der Waals surface area contributed by atoms with Crippen LogP contribution in [0.3, 0.4) is 0 Å². The number of para-hydroxylation sites is 1. The minimum absolute atomic E-state index is 0.478. The first-order valence-electron chi connectivity index (χ1n) is 5.68. The molecular formula is C14H10Cl2N2S. The van der Waals surface area contributed by atoms with Crippen molar-refractivity contribution in [3.8, 4) is 10.6 Å². The molecule has 5 heteroatoms. The summed E-state index contributed by atoms with van der Waals surface area (Å²) in [7, 11) is 0. The summed E-state index contributed by atoms with van der Waals surface area (Å²) in [5.74, 6) is 0. The highest BCUT2D eigenvalue weighted by molar-refractivity contribution is 7.21. The Morgan fingerprint density at radius 3 is 2.58 bits per heavy atom. The summed E-state index contributed by atoms with van der Waals surface area (Å²) in [5.41, 5.74) is 9.34. The van der Waals surface area contributed by atoms with Crippen LogP contribution in [-0.2, 0) is 0 Å². The van der Waals surface area contributed by atoms with Crippen molar-refractivity contribution < 1.29 is 0 Å². The van der Waals surface area contributed by atoms with Gasteiger partial charge < -0.3 is 5.73 Å². The van der Waals surface area contributed by atoms with E-state index in [0.717, 1.165) is 26.4 Å². The second-order valence-corrected chi connectivity index (χ2v) is 6.10. The van der Waals surface area contributed by atoms with Crippen LogP contribution in [-0.4, -0.2) is 4.98 Å². The van der Waals surface area contributed by atoms with E-state index in [9.17, 15) is 0 Å². The van der Waals surface area contributed by atoms with Gasteiger partial charge in [0.2, 0.25) is 0 Å². The molecule has 0 spiro atoms. The lowest BCUT2D eigenvalue weighted by Crippen LogP contribution is -1.92. The van der Waals surface area contributed by atoms with Gasteiger partial charge in [-0.2, -0.15) is 0 Å². The molecule has 3 rings (SSSR count). The predicted molar refractivity (Wildman–Crippen MR) is 84.2 cm³/mol. The summed E-state index contributed by atoms with van der Waals surface area (Å²) >= 11 is 13.9. The van der Waals surface area contributed by atoms with Crippen molar-refractivity contribution in [2.24, 2.45) is 0 Å². The van der Waals surface area contributed by atoms with Gasteiger partial charge >= 0.3 is 0 Å². The molecule has 2 aromatic carbocycles. The fourth-order valence-corrected chi connectivity index (χ4v) is 3.56. The predicted octanol–water partition coefficient (Wildman–Crippen LogP) is 5.16. The molecule has 2 N–H and O–H groups in total. The van der Waals surface area contributed by atoms with Crippen LogP contribution in [0.5, 0.6) is 0 Å². The molecule has 1 aromatic heterocycles. The van der Waals surface area contributed by atoms with E-state index in [1.54, 1.807) is 23.5 Å². The number of nitrogen functional groups attached to an aromatic ring is 1. The molecule has 0 aliphatic heterocycles. The van der Waals surface area contributed by atoms with Gasteiger partial charge in [-0.1, -0.05) is 35.3 Å². The number of fused-ring (bicyclic) bond motifs is 1. The normalized spacial score (nSPS) is 11.1. The average Bonchev–Trinajstić information content (AvgIpc) is 2.80. The fraction of sp³-hybridized carbons (Fsp3) is 0.0714. The van der Waals surface area contributed by atoms with Gasteiger partial charge in [0.25, 0.3) is 0 Å². The molecule has 0 aliphatic rings. The highest BCUT2D eigenvalue weighted by Gasteiger charge is 2.15. The Morgan fingerprint density at radius 2 is 1.84 bits per heavy atom. The Bertz CT molecular complexity index is 780. The van der Waals surface area contributed by atoms with Crippen LogP contribution < -0.4 is 5.73 Å². The van der Waals surface area contributed by atoms with Crippen LogP contribution in [0, 0.1) is 6.92 Å². The zero-order valence-corrected chi connectivity index (χ0v) is 12.4. The molecule has 0 saturated heterocycles. The molecule has 0 aliphatic carbocycles. The first-order valence-corrected chi connectivity index (χ1v) is 7.25. The van der Waals surface area contributed by atoms with Crippen molar-refractivity contribution in [2.45, 2.75) is 6.92 Å². The molecule has 3 aromatic rings. The van der Waals surface area contributed by atoms with Crippen molar-refractivity contribution in [3.63, 3.8) is 0 Å². The lowest BCUT2D eigenvalue weighted by atomic mass is 10.2. The fourth-order valence-electron chi connectivity index (χ4n) is 1.98. The highest BCUT2D eigenvalue weighted by atomic mass is 35.5. The summed E-state index contributed by atoms with van der Waals surface area (Å²) in [4.78, 5) is 4.64. The van der Waals surface area contributed by atoms with E-state index < -0.39 is 0 Å². The van der Waals surface area contributed by atoms with E-state index in [1.165, 1.54) is 0 Å². The number of nitrogens with two attached hydrogens (primary N) is 1. The minimum atomic E-state index is 0.478. The Hall–Kier alpha value is -1.29. The van der Waals surface area contributed by atoms with Crippen LogP contribution in [0.1, 0.15) is 5.56 Å². The Labute approximate surface area is 124 Å². The Morgan fingerprint density at radius 1 is 1.11 bits per heavy atom. The molecule has 0 unspecified atom stereocenters. The van der Waals surface area contributed by atoms with E-state index in [-0.39, 0.29) is 0 Å². The summed E-state index contributed by atoms with van der Waals surface area (Å²) in [6.07, 6.45) is 0. The zero-order valence-electron chi connectivity index (χ0n) is 10.1. The van der Waals surface area contributed by atoms with Crippen LogP contribution in [0.4, 0.5) is 5.69 Å². The molecule has 1 heterocycles. The number of rotatable bonds is 1. The summed E-state index contributed by atoms with van der Waals surface area (Å²) in [6.45, 7) is 2.04. The number of benzene rings is 2. The van der Waals surface area contributed by atoms with Gasteiger partial charge in [0.15, 0.2) is 0 Å². The first kappa shape index (κ1) is 12.7. The summed E-state index contributed by atoms with van der Waals surface area (Å²) in [5, 5.41) is 1.86. The average molecular weight is 309 g/mol. The van der Waals surface area contributed by atoms with Gasteiger partial charge in [-0.3, -0.25) is 0 Å². The first-order chi connectivity index (χ1) is 9.08. The number of anilines is 1. The zero-order chi connectivity index (χ0) is 13.6. The molecule has 96 valence electrons. The molecule has 0 radical (unpaired) electrons. The topological polar surface area (TPSA) is 38.9 Å². The number of halogens is 2. The number of hydrogen-bond acceptors (Lipinski definition) is 3. The SMILES string of the molecule is Cc1cccc2sc(-c3c(Cl)ccc(Cl)c3N)nc12. The third kappa shape index (κ3) is 2.08. The van der Waals surface area contributed by atoms with Gasteiger partial charge in [-0.25, -0.2) is 4.98 Å². The van der Waals surface area contributed by atoms with Crippen LogP contribution in [0.25, 0.3) is 20.8 Å².